The van der Waals surface area contributed by atoms with Gasteiger partial charge < -0.3 is 10.6 Å². The maximum atomic E-state index is 5.95. The van der Waals surface area contributed by atoms with Crippen LogP contribution in [-0.4, -0.2) is 13.1 Å². The van der Waals surface area contributed by atoms with Crippen molar-refractivity contribution in [2.24, 2.45) is 0 Å². The lowest BCUT2D eigenvalue weighted by molar-refractivity contribution is 0.820. The number of fused-ring (bicyclic) bond motifs is 1. The molecule has 0 fully saturated rings. The van der Waals surface area contributed by atoms with Crippen LogP contribution in [0.5, 0.6) is 0 Å². The van der Waals surface area contributed by atoms with Crippen LogP contribution >= 0.6 is 11.6 Å². The Hall–Kier alpha value is -1.15. The van der Waals surface area contributed by atoms with Gasteiger partial charge in [0, 0.05) is 35.1 Å². The minimum Gasteiger partial charge on any atom is -0.385 e. The van der Waals surface area contributed by atoms with Crippen LogP contribution in [0.1, 0.15) is 18.9 Å². The van der Waals surface area contributed by atoms with Gasteiger partial charge in [-0.05, 0) is 30.7 Å². The lowest BCUT2D eigenvalue weighted by Crippen LogP contribution is -2.19. The zero-order valence-corrected chi connectivity index (χ0v) is 9.56. The van der Waals surface area contributed by atoms with Crippen molar-refractivity contribution in [3.63, 3.8) is 0 Å². The molecule has 0 atom stereocenters. The van der Waals surface area contributed by atoms with Gasteiger partial charge in [-0.25, -0.2) is 0 Å². The first kappa shape index (κ1) is 10.4. The van der Waals surface area contributed by atoms with E-state index in [9.17, 15) is 0 Å². The van der Waals surface area contributed by atoms with Crippen LogP contribution in [0, 0.1) is 0 Å². The van der Waals surface area contributed by atoms with Gasteiger partial charge in [-0.2, -0.15) is 0 Å². The fraction of sp³-hybridized carbons (Fsp3) is 0.333. The van der Waals surface area contributed by atoms with E-state index in [1.165, 1.54) is 11.3 Å². The van der Waals surface area contributed by atoms with Gasteiger partial charge in [-0.15, -0.1) is 0 Å². The molecule has 80 valence electrons. The molecule has 0 saturated heterocycles. The molecule has 0 spiro atoms. The molecule has 2 rings (SSSR count). The lowest BCUT2D eigenvalue weighted by Gasteiger charge is -2.20. The largest absolute Gasteiger partial charge is 0.385 e. The van der Waals surface area contributed by atoms with Crippen LogP contribution in [-0.2, 0) is 0 Å². The molecule has 15 heavy (non-hydrogen) atoms. The summed E-state index contributed by atoms with van der Waals surface area (Å²) in [4.78, 5) is 0. The third kappa shape index (κ3) is 2.26. The highest BCUT2D eigenvalue weighted by Crippen LogP contribution is 2.28. The van der Waals surface area contributed by atoms with Gasteiger partial charge in [0.25, 0.3) is 0 Å². The third-order valence-corrected chi connectivity index (χ3v) is 2.67. The molecular formula is C12H15ClN2. The summed E-state index contributed by atoms with van der Waals surface area (Å²) in [6, 6.07) is 5.95. The molecule has 0 unspecified atom stereocenters. The summed E-state index contributed by atoms with van der Waals surface area (Å²) in [6.45, 7) is 4.03. The van der Waals surface area contributed by atoms with Crippen LogP contribution in [0.25, 0.3) is 5.70 Å². The molecule has 0 amide bonds. The van der Waals surface area contributed by atoms with Crippen molar-refractivity contribution in [3.8, 4) is 0 Å². The Morgan fingerprint density at radius 1 is 1.47 bits per heavy atom. The standard InChI is InChI=1S/C12H15ClN2/c1-2-6-14-11-5-7-15-12-8-9(13)3-4-10(11)12/h3-5,8,14-15H,2,6-7H2,1H3. The Morgan fingerprint density at radius 2 is 2.33 bits per heavy atom. The van der Waals surface area contributed by atoms with Gasteiger partial charge in [-0.3, -0.25) is 0 Å². The van der Waals surface area contributed by atoms with E-state index in [4.69, 9.17) is 11.6 Å². The fourth-order valence-electron chi connectivity index (χ4n) is 1.70. The molecule has 0 aliphatic carbocycles. The minimum atomic E-state index is 0.776. The first-order valence-corrected chi connectivity index (χ1v) is 5.67. The summed E-state index contributed by atoms with van der Waals surface area (Å²) in [5, 5.41) is 7.51. The van der Waals surface area contributed by atoms with Gasteiger partial charge in [0.1, 0.15) is 0 Å². The van der Waals surface area contributed by atoms with Gasteiger partial charge >= 0.3 is 0 Å². The van der Waals surface area contributed by atoms with E-state index < -0.39 is 0 Å². The molecule has 0 bridgehead atoms. The summed E-state index contributed by atoms with van der Waals surface area (Å²) < 4.78 is 0. The van der Waals surface area contributed by atoms with E-state index in [2.05, 4.69) is 29.7 Å². The number of rotatable bonds is 3. The Morgan fingerprint density at radius 3 is 3.13 bits per heavy atom. The molecule has 1 heterocycles. The van der Waals surface area contributed by atoms with E-state index in [1.807, 2.05) is 12.1 Å². The Balaban J connectivity index is 2.26. The highest BCUT2D eigenvalue weighted by atomic mass is 35.5. The molecule has 3 heteroatoms. The zero-order chi connectivity index (χ0) is 10.7. The van der Waals surface area contributed by atoms with Crippen molar-refractivity contribution >= 4 is 23.0 Å². The van der Waals surface area contributed by atoms with Crippen molar-refractivity contribution in [2.75, 3.05) is 18.4 Å². The third-order valence-electron chi connectivity index (χ3n) is 2.44. The topological polar surface area (TPSA) is 24.1 Å². The summed E-state index contributed by atoms with van der Waals surface area (Å²) in [6.07, 6.45) is 3.31. The summed E-state index contributed by atoms with van der Waals surface area (Å²) in [5.41, 5.74) is 3.53. The molecule has 2 N–H and O–H groups in total. The fourth-order valence-corrected chi connectivity index (χ4v) is 1.87. The molecule has 1 aliphatic heterocycles. The number of anilines is 1. The number of benzene rings is 1. The molecule has 1 aliphatic rings. The average molecular weight is 223 g/mol. The summed E-state index contributed by atoms with van der Waals surface area (Å²) >= 11 is 5.95. The van der Waals surface area contributed by atoms with Crippen molar-refractivity contribution in [1.29, 1.82) is 0 Å². The van der Waals surface area contributed by atoms with E-state index in [1.54, 1.807) is 0 Å². The Bertz CT molecular complexity index is 385. The second kappa shape index (κ2) is 4.58. The minimum absolute atomic E-state index is 0.776. The number of halogens is 1. The molecule has 0 saturated carbocycles. The normalized spacial score (nSPS) is 13.9. The molecule has 2 nitrogen and oxygen atoms in total. The predicted octanol–water partition coefficient (Wildman–Crippen LogP) is 3.11. The first-order valence-electron chi connectivity index (χ1n) is 5.29. The van der Waals surface area contributed by atoms with Crippen LogP contribution in [0.3, 0.4) is 0 Å². The molecule has 0 aromatic heterocycles. The highest BCUT2D eigenvalue weighted by molar-refractivity contribution is 6.31. The molecule has 0 radical (unpaired) electrons. The monoisotopic (exact) mass is 222 g/mol. The smallest absolute Gasteiger partial charge is 0.0452 e. The molecule has 1 aromatic rings. The second-order valence-corrected chi connectivity index (χ2v) is 4.05. The highest BCUT2D eigenvalue weighted by Gasteiger charge is 2.11. The number of hydrogen-bond acceptors (Lipinski definition) is 2. The van der Waals surface area contributed by atoms with Crippen molar-refractivity contribution in [2.45, 2.75) is 13.3 Å². The maximum absolute atomic E-state index is 5.95. The van der Waals surface area contributed by atoms with Crippen LogP contribution in [0.2, 0.25) is 5.02 Å². The van der Waals surface area contributed by atoms with E-state index >= 15 is 0 Å². The van der Waals surface area contributed by atoms with E-state index in [0.29, 0.717) is 0 Å². The average Bonchev–Trinajstić information content (AvgIpc) is 2.25. The Kier molecular flexibility index (Phi) is 3.17. The maximum Gasteiger partial charge on any atom is 0.0452 e. The van der Waals surface area contributed by atoms with Crippen molar-refractivity contribution in [1.82, 2.24) is 5.32 Å². The lowest BCUT2D eigenvalue weighted by atomic mass is 10.1. The number of hydrogen-bond donors (Lipinski definition) is 2. The Labute approximate surface area is 95.3 Å². The van der Waals surface area contributed by atoms with Gasteiger partial charge in [0.05, 0.1) is 0 Å². The summed E-state index contributed by atoms with van der Waals surface area (Å²) in [5.74, 6) is 0. The van der Waals surface area contributed by atoms with Crippen molar-refractivity contribution in [3.05, 3.63) is 34.9 Å². The van der Waals surface area contributed by atoms with Crippen molar-refractivity contribution < 1.29 is 0 Å². The summed E-state index contributed by atoms with van der Waals surface area (Å²) in [7, 11) is 0. The zero-order valence-electron chi connectivity index (χ0n) is 8.81. The van der Waals surface area contributed by atoms with Crippen LogP contribution in [0.4, 0.5) is 5.69 Å². The SMILES string of the molecule is CCCNC1=CCNc2cc(Cl)ccc21. The quantitative estimate of drug-likeness (QED) is 0.821. The molecular weight excluding hydrogens is 208 g/mol. The van der Waals surface area contributed by atoms with E-state index in [0.717, 1.165) is 30.2 Å². The van der Waals surface area contributed by atoms with Crippen LogP contribution in [0.15, 0.2) is 24.3 Å². The van der Waals surface area contributed by atoms with Gasteiger partial charge in [-0.1, -0.05) is 18.5 Å². The second-order valence-electron chi connectivity index (χ2n) is 3.62. The van der Waals surface area contributed by atoms with E-state index in [-0.39, 0.29) is 0 Å². The molecule has 1 aromatic carbocycles. The van der Waals surface area contributed by atoms with Gasteiger partial charge in [0.15, 0.2) is 0 Å². The predicted molar refractivity (Wildman–Crippen MR) is 66.2 cm³/mol. The van der Waals surface area contributed by atoms with Gasteiger partial charge in [0.2, 0.25) is 0 Å². The number of nitrogens with one attached hydrogen (secondary N) is 2. The van der Waals surface area contributed by atoms with Crippen LogP contribution < -0.4 is 10.6 Å². The first-order chi connectivity index (χ1) is 7.31.